The van der Waals surface area contributed by atoms with Gasteiger partial charge in [-0.05, 0) is 6.92 Å². The van der Waals surface area contributed by atoms with E-state index in [0.29, 0.717) is 0 Å². The minimum Gasteiger partial charge on any atom is -0.461 e. The van der Waals surface area contributed by atoms with E-state index < -0.39 is 30.3 Å². The quantitative estimate of drug-likeness (QED) is 0.300. The molecule has 0 radical (unpaired) electrons. The number of halogens is 1. The fraction of sp³-hybridized carbons (Fsp3) is 0.700. The Kier molecular flexibility index (Phi) is 7.53. The number of hydrogen-bond acceptors (Lipinski definition) is 6. The zero-order valence-corrected chi connectivity index (χ0v) is 11.4. The van der Waals surface area contributed by atoms with Crippen molar-refractivity contribution in [2.75, 3.05) is 5.33 Å². The molecule has 17 heavy (non-hydrogen) atoms. The summed E-state index contributed by atoms with van der Waals surface area (Å²) < 4.78 is 14.7. The molecule has 0 aromatic rings. The van der Waals surface area contributed by atoms with Crippen molar-refractivity contribution in [1.82, 2.24) is 0 Å². The second kappa shape index (κ2) is 8.05. The van der Waals surface area contributed by atoms with Gasteiger partial charge in [-0.3, -0.25) is 14.4 Å². The van der Waals surface area contributed by atoms with Crippen LogP contribution in [0, 0.1) is 0 Å². The highest BCUT2D eigenvalue weighted by atomic mass is 79.9. The molecule has 98 valence electrons. The Balaban J connectivity index is 4.77. The Morgan fingerprint density at radius 1 is 1.24 bits per heavy atom. The van der Waals surface area contributed by atoms with Gasteiger partial charge in [0.25, 0.3) is 6.47 Å². The lowest BCUT2D eigenvalue weighted by atomic mass is 10.1. The molecule has 0 aliphatic carbocycles. The zero-order chi connectivity index (χ0) is 13.4. The third kappa shape index (κ3) is 6.25. The lowest BCUT2D eigenvalue weighted by Crippen LogP contribution is -2.43. The largest absolute Gasteiger partial charge is 0.461 e. The van der Waals surface area contributed by atoms with Gasteiger partial charge >= 0.3 is 11.9 Å². The predicted octanol–water partition coefficient (Wildman–Crippen LogP) is 0.806. The number of carbonyl (C=O) groups is 3. The van der Waals surface area contributed by atoms with Crippen molar-refractivity contribution >= 4 is 34.3 Å². The van der Waals surface area contributed by atoms with E-state index in [2.05, 4.69) is 15.9 Å². The van der Waals surface area contributed by atoms with E-state index in [-0.39, 0.29) is 11.8 Å². The lowest BCUT2D eigenvalue weighted by Gasteiger charge is -2.28. The molecular weight excluding hydrogens is 296 g/mol. The second-order valence-corrected chi connectivity index (χ2v) is 3.96. The van der Waals surface area contributed by atoms with Crippen molar-refractivity contribution in [3.8, 4) is 0 Å². The van der Waals surface area contributed by atoms with Gasteiger partial charge in [0, 0.05) is 19.2 Å². The van der Waals surface area contributed by atoms with Crippen molar-refractivity contribution in [2.45, 2.75) is 39.1 Å². The minimum atomic E-state index is -0.846. The van der Waals surface area contributed by atoms with Gasteiger partial charge in [-0.15, -0.1) is 0 Å². The third-order valence-electron chi connectivity index (χ3n) is 1.87. The maximum atomic E-state index is 10.9. The minimum absolute atomic E-state index is 0.250. The first-order valence-corrected chi connectivity index (χ1v) is 6.04. The molecular formula is C10H15BrO6. The summed E-state index contributed by atoms with van der Waals surface area (Å²) in [6.07, 6.45) is -2.27. The van der Waals surface area contributed by atoms with Crippen molar-refractivity contribution in [2.24, 2.45) is 0 Å². The fourth-order valence-electron chi connectivity index (χ4n) is 1.23. The molecule has 0 N–H and O–H groups in total. The van der Waals surface area contributed by atoms with Crippen LogP contribution in [-0.4, -0.2) is 42.1 Å². The highest BCUT2D eigenvalue weighted by Crippen LogP contribution is 2.14. The molecule has 0 rings (SSSR count). The Bertz CT molecular complexity index is 280. The van der Waals surface area contributed by atoms with Gasteiger partial charge in [0.15, 0.2) is 12.2 Å². The summed E-state index contributed by atoms with van der Waals surface area (Å²) in [6, 6.07) is 0. The molecule has 0 aliphatic rings. The van der Waals surface area contributed by atoms with Crippen molar-refractivity contribution in [3.63, 3.8) is 0 Å². The van der Waals surface area contributed by atoms with E-state index in [9.17, 15) is 14.4 Å². The van der Waals surface area contributed by atoms with E-state index in [0.717, 1.165) is 0 Å². The molecule has 0 aromatic carbocycles. The van der Waals surface area contributed by atoms with E-state index >= 15 is 0 Å². The van der Waals surface area contributed by atoms with Crippen molar-refractivity contribution in [3.05, 3.63) is 0 Å². The topological polar surface area (TPSA) is 78.9 Å². The number of esters is 2. The molecule has 7 heteroatoms. The van der Waals surface area contributed by atoms with E-state index in [4.69, 9.17) is 14.2 Å². The monoisotopic (exact) mass is 310 g/mol. The normalized spacial score (nSPS) is 15.3. The number of ether oxygens (including phenoxy) is 3. The molecule has 0 amide bonds. The van der Waals surface area contributed by atoms with Crippen LogP contribution in [0.1, 0.15) is 20.8 Å². The maximum absolute atomic E-state index is 10.9. The second-order valence-electron chi connectivity index (χ2n) is 3.31. The van der Waals surface area contributed by atoms with Crippen LogP contribution in [0.3, 0.4) is 0 Å². The molecule has 0 saturated carbocycles. The van der Waals surface area contributed by atoms with Gasteiger partial charge < -0.3 is 14.2 Å². The van der Waals surface area contributed by atoms with Crippen LogP contribution in [-0.2, 0) is 28.6 Å². The fourth-order valence-corrected chi connectivity index (χ4v) is 1.73. The smallest absolute Gasteiger partial charge is 0.303 e. The van der Waals surface area contributed by atoms with Crippen LogP contribution in [0.25, 0.3) is 0 Å². The van der Waals surface area contributed by atoms with E-state index in [1.807, 2.05) is 0 Å². The van der Waals surface area contributed by atoms with Gasteiger partial charge in [-0.1, -0.05) is 15.9 Å². The van der Waals surface area contributed by atoms with Crippen LogP contribution in [0.4, 0.5) is 0 Å². The summed E-state index contributed by atoms with van der Waals surface area (Å²) in [4.78, 5) is 32.1. The summed E-state index contributed by atoms with van der Waals surface area (Å²) in [5.74, 6) is -1.06. The van der Waals surface area contributed by atoms with Gasteiger partial charge in [-0.25, -0.2) is 0 Å². The Hall–Kier alpha value is -1.11. The maximum Gasteiger partial charge on any atom is 0.303 e. The summed E-state index contributed by atoms with van der Waals surface area (Å²) in [5.41, 5.74) is 0. The summed E-state index contributed by atoms with van der Waals surface area (Å²) in [7, 11) is 0. The van der Waals surface area contributed by atoms with Gasteiger partial charge in [-0.2, -0.15) is 0 Å². The van der Waals surface area contributed by atoms with Crippen molar-refractivity contribution in [1.29, 1.82) is 0 Å². The zero-order valence-electron chi connectivity index (χ0n) is 9.84. The number of rotatable bonds is 7. The standard InChI is InChI=1S/C10H15BrO6/c1-6(15-5-12)10(17-8(3)14)9(4-11)16-7(2)13/h5-6,9-10H,4H2,1-3H3/t6-,9-,10-/m0/s1. The molecule has 0 fully saturated rings. The molecule has 0 bridgehead atoms. The van der Waals surface area contributed by atoms with Crippen LogP contribution in [0.2, 0.25) is 0 Å². The highest BCUT2D eigenvalue weighted by Gasteiger charge is 2.32. The number of carbonyl (C=O) groups excluding carboxylic acids is 3. The predicted molar refractivity (Wildman–Crippen MR) is 61.5 cm³/mol. The molecule has 6 nitrogen and oxygen atoms in total. The van der Waals surface area contributed by atoms with Crippen LogP contribution >= 0.6 is 15.9 Å². The van der Waals surface area contributed by atoms with Crippen LogP contribution in [0.15, 0.2) is 0 Å². The summed E-state index contributed by atoms with van der Waals surface area (Å²) >= 11 is 3.14. The van der Waals surface area contributed by atoms with E-state index in [1.165, 1.54) is 13.8 Å². The summed E-state index contributed by atoms with van der Waals surface area (Å²) in [6.45, 7) is 4.26. The van der Waals surface area contributed by atoms with Gasteiger partial charge in [0.1, 0.15) is 6.10 Å². The lowest BCUT2D eigenvalue weighted by molar-refractivity contribution is -0.175. The number of alkyl halides is 1. The molecule has 0 aromatic heterocycles. The first-order valence-electron chi connectivity index (χ1n) is 4.91. The molecule has 0 aliphatic heterocycles. The average Bonchev–Trinajstić information content (AvgIpc) is 2.22. The van der Waals surface area contributed by atoms with E-state index in [1.54, 1.807) is 6.92 Å². The van der Waals surface area contributed by atoms with Gasteiger partial charge in [0.05, 0.1) is 0 Å². The Labute approximate surface area is 108 Å². The average molecular weight is 311 g/mol. The third-order valence-corrected chi connectivity index (χ3v) is 2.51. The highest BCUT2D eigenvalue weighted by molar-refractivity contribution is 9.09. The molecule has 0 heterocycles. The van der Waals surface area contributed by atoms with Crippen LogP contribution in [0.5, 0.6) is 0 Å². The first-order chi connectivity index (χ1) is 7.92. The SMILES string of the molecule is CC(=O)O[C@@H]([C@H](C)OC=O)[C@H](CBr)OC(C)=O. The van der Waals surface area contributed by atoms with Crippen LogP contribution < -0.4 is 0 Å². The van der Waals surface area contributed by atoms with Gasteiger partial charge in [0.2, 0.25) is 0 Å². The Morgan fingerprint density at radius 3 is 2.12 bits per heavy atom. The summed E-state index contributed by atoms with van der Waals surface area (Å²) in [5, 5.41) is 0.261. The molecule has 0 saturated heterocycles. The molecule has 3 atom stereocenters. The van der Waals surface area contributed by atoms with Crippen molar-refractivity contribution < 1.29 is 28.6 Å². The molecule has 0 spiro atoms. The Morgan fingerprint density at radius 2 is 1.76 bits per heavy atom. The molecule has 0 unspecified atom stereocenters. The first kappa shape index (κ1) is 15.9. The number of hydrogen-bond donors (Lipinski definition) is 0.